The van der Waals surface area contributed by atoms with E-state index in [1.165, 1.54) is 6.21 Å². The van der Waals surface area contributed by atoms with Crippen LogP contribution in [-0.4, -0.2) is 28.6 Å². The molecule has 1 amide bonds. The first-order chi connectivity index (χ1) is 9.54. The molecule has 0 fully saturated rings. The van der Waals surface area contributed by atoms with Gasteiger partial charge in [-0.25, -0.2) is 10.2 Å². The van der Waals surface area contributed by atoms with Gasteiger partial charge in [0.1, 0.15) is 0 Å². The number of unbranched alkanes of at least 4 members (excludes halogenated alkanes) is 2. The highest BCUT2D eigenvalue weighted by Gasteiger charge is 2.03. The van der Waals surface area contributed by atoms with Crippen LogP contribution < -0.4 is 22.4 Å². The van der Waals surface area contributed by atoms with Crippen LogP contribution in [0.4, 0.5) is 0 Å². The average Bonchev–Trinajstić information content (AvgIpc) is 2.37. The first-order valence-corrected chi connectivity index (χ1v) is 6.39. The molecule has 5 N–H and O–H groups in total. The first kappa shape index (κ1) is 15.8. The lowest BCUT2D eigenvalue weighted by Gasteiger charge is -2.00. The normalized spacial score (nSPS) is 10.9. The van der Waals surface area contributed by atoms with Crippen LogP contribution in [0.1, 0.15) is 36.9 Å². The van der Waals surface area contributed by atoms with Gasteiger partial charge in [0.15, 0.2) is 0 Å². The minimum atomic E-state index is -0.575. The maximum absolute atomic E-state index is 11.5. The van der Waals surface area contributed by atoms with Gasteiger partial charge in [-0.2, -0.15) is 5.10 Å². The third-order valence-electron chi connectivity index (χ3n) is 2.67. The van der Waals surface area contributed by atoms with Gasteiger partial charge in [-0.15, -0.1) is 0 Å². The second-order valence-corrected chi connectivity index (χ2v) is 4.34. The van der Waals surface area contributed by atoms with Crippen molar-refractivity contribution in [2.24, 2.45) is 10.8 Å². The number of nitrogens with one attached hydrogen (secondary N) is 3. The lowest BCUT2D eigenvalue weighted by Crippen LogP contribution is -2.27. The molecule has 8 nitrogen and oxygen atoms in total. The summed E-state index contributed by atoms with van der Waals surface area (Å²) in [6.45, 7) is 2.20. The highest BCUT2D eigenvalue weighted by Crippen LogP contribution is 1.98. The number of rotatable bonds is 7. The fourth-order valence-corrected chi connectivity index (χ4v) is 1.60. The maximum atomic E-state index is 11.5. The van der Waals surface area contributed by atoms with E-state index < -0.39 is 11.2 Å². The molecule has 0 aliphatic carbocycles. The van der Waals surface area contributed by atoms with Crippen LogP contribution in [-0.2, 0) is 4.79 Å². The number of aryl methyl sites for hydroxylation is 1. The number of nitrogens with zero attached hydrogens (tertiary/aromatic N) is 1. The smallest absolute Gasteiger partial charge is 0.325 e. The molecule has 0 bridgehead atoms. The minimum Gasteiger partial charge on any atom is -0.330 e. The van der Waals surface area contributed by atoms with Crippen molar-refractivity contribution >= 4 is 12.1 Å². The average molecular weight is 281 g/mol. The number of aromatic amines is 2. The van der Waals surface area contributed by atoms with E-state index in [9.17, 15) is 14.4 Å². The van der Waals surface area contributed by atoms with Crippen molar-refractivity contribution in [3.8, 4) is 0 Å². The third-order valence-corrected chi connectivity index (χ3v) is 2.67. The maximum Gasteiger partial charge on any atom is 0.325 e. The number of H-pyrrole nitrogens is 2. The summed E-state index contributed by atoms with van der Waals surface area (Å²) in [7, 11) is 0. The fraction of sp³-hybridized carbons (Fsp3) is 0.500. The van der Waals surface area contributed by atoms with Gasteiger partial charge in [0.25, 0.3) is 5.56 Å². The largest absolute Gasteiger partial charge is 0.330 e. The Kier molecular flexibility index (Phi) is 6.38. The molecule has 0 aromatic carbocycles. The second-order valence-electron chi connectivity index (χ2n) is 4.34. The van der Waals surface area contributed by atoms with Gasteiger partial charge >= 0.3 is 5.69 Å². The molecule has 110 valence electrons. The Morgan fingerprint density at radius 2 is 2.05 bits per heavy atom. The van der Waals surface area contributed by atoms with Crippen LogP contribution in [0, 0.1) is 6.92 Å². The zero-order valence-electron chi connectivity index (χ0n) is 11.4. The molecular formula is C12H19N5O3. The Hall–Kier alpha value is -2.22. The summed E-state index contributed by atoms with van der Waals surface area (Å²) in [5.41, 5.74) is 7.14. The second kappa shape index (κ2) is 8.05. The predicted molar refractivity (Wildman–Crippen MR) is 75.7 cm³/mol. The number of carbonyl (C=O) groups excluding carboxylic acids is 1. The van der Waals surface area contributed by atoms with Crippen LogP contribution in [0.15, 0.2) is 14.7 Å². The number of hydrazone groups is 1. The summed E-state index contributed by atoms with van der Waals surface area (Å²) >= 11 is 0. The summed E-state index contributed by atoms with van der Waals surface area (Å²) < 4.78 is 0. The third kappa shape index (κ3) is 5.19. The number of amides is 1. The molecule has 0 saturated carbocycles. The molecule has 0 unspecified atom stereocenters. The SMILES string of the molecule is Cc1[nH]c(=O)[nH]c(=O)c1/C=N\NC(=O)CCCCCN. The Morgan fingerprint density at radius 1 is 1.30 bits per heavy atom. The lowest BCUT2D eigenvalue weighted by molar-refractivity contribution is -0.121. The zero-order valence-corrected chi connectivity index (χ0v) is 11.4. The van der Waals surface area contributed by atoms with Gasteiger partial charge in [0.05, 0.1) is 11.8 Å². The van der Waals surface area contributed by atoms with Crippen molar-refractivity contribution in [2.75, 3.05) is 6.54 Å². The standard InChI is InChI=1S/C12H19N5O3/c1-8-9(11(19)16-12(20)15-8)7-14-17-10(18)5-3-2-4-6-13/h7H,2-6,13H2,1H3,(H,17,18)(H2,15,16,19,20)/b14-7-. The zero-order chi connectivity index (χ0) is 15.0. The summed E-state index contributed by atoms with van der Waals surface area (Å²) in [4.78, 5) is 38.4. The van der Waals surface area contributed by atoms with Crippen LogP contribution >= 0.6 is 0 Å². The monoisotopic (exact) mass is 281 g/mol. The van der Waals surface area contributed by atoms with Crippen molar-refractivity contribution in [1.82, 2.24) is 15.4 Å². The summed E-state index contributed by atoms with van der Waals surface area (Å²) in [5.74, 6) is -0.225. The van der Waals surface area contributed by atoms with Gasteiger partial charge < -0.3 is 10.7 Å². The van der Waals surface area contributed by atoms with Crippen LogP contribution in [0.3, 0.4) is 0 Å². The van der Waals surface area contributed by atoms with Crippen molar-refractivity contribution in [2.45, 2.75) is 32.6 Å². The molecule has 1 rings (SSSR count). The molecule has 0 spiro atoms. The lowest BCUT2D eigenvalue weighted by atomic mass is 10.2. The Labute approximate surface area is 115 Å². The highest BCUT2D eigenvalue weighted by molar-refractivity contribution is 5.82. The van der Waals surface area contributed by atoms with E-state index in [0.717, 1.165) is 19.3 Å². The molecule has 1 aromatic heterocycles. The van der Waals surface area contributed by atoms with Crippen LogP contribution in [0.25, 0.3) is 0 Å². The molecule has 0 aliphatic heterocycles. The summed E-state index contributed by atoms with van der Waals surface area (Å²) in [6, 6.07) is 0. The number of nitrogens with two attached hydrogens (primary N) is 1. The minimum absolute atomic E-state index is 0.202. The van der Waals surface area contributed by atoms with E-state index in [1.54, 1.807) is 6.92 Å². The van der Waals surface area contributed by atoms with Crippen molar-refractivity contribution in [1.29, 1.82) is 0 Å². The molecular weight excluding hydrogens is 262 g/mol. The van der Waals surface area contributed by atoms with Gasteiger partial charge in [-0.1, -0.05) is 6.42 Å². The predicted octanol–water partition coefficient (Wildman–Crippen LogP) is -0.659. The molecule has 0 radical (unpaired) electrons. The quantitative estimate of drug-likeness (QED) is 0.300. The highest BCUT2D eigenvalue weighted by atomic mass is 16.2. The first-order valence-electron chi connectivity index (χ1n) is 6.39. The molecule has 0 atom stereocenters. The molecule has 20 heavy (non-hydrogen) atoms. The van der Waals surface area contributed by atoms with Gasteiger partial charge in [0.2, 0.25) is 5.91 Å². The van der Waals surface area contributed by atoms with Crippen molar-refractivity contribution in [3.05, 3.63) is 32.1 Å². The Balaban J connectivity index is 2.51. The Morgan fingerprint density at radius 3 is 2.70 bits per heavy atom. The van der Waals surface area contributed by atoms with E-state index in [2.05, 4.69) is 20.5 Å². The molecule has 1 aromatic rings. The van der Waals surface area contributed by atoms with Crippen LogP contribution in [0.5, 0.6) is 0 Å². The number of carbonyl (C=O) groups is 1. The molecule has 0 saturated heterocycles. The van der Waals surface area contributed by atoms with E-state index in [0.29, 0.717) is 18.7 Å². The summed E-state index contributed by atoms with van der Waals surface area (Å²) in [5, 5.41) is 3.70. The number of hydrogen-bond donors (Lipinski definition) is 4. The van der Waals surface area contributed by atoms with Gasteiger partial charge in [-0.3, -0.25) is 14.6 Å². The number of aromatic nitrogens is 2. The molecule has 8 heteroatoms. The topological polar surface area (TPSA) is 133 Å². The summed E-state index contributed by atoms with van der Waals surface area (Å²) in [6.07, 6.45) is 4.10. The Bertz CT molecular complexity index is 587. The van der Waals surface area contributed by atoms with Crippen LogP contribution in [0.2, 0.25) is 0 Å². The molecule has 1 heterocycles. The number of hydrogen-bond acceptors (Lipinski definition) is 5. The van der Waals surface area contributed by atoms with Gasteiger partial charge in [0, 0.05) is 12.1 Å². The molecule has 0 aliphatic rings. The van der Waals surface area contributed by atoms with E-state index in [4.69, 9.17) is 5.73 Å². The van der Waals surface area contributed by atoms with E-state index >= 15 is 0 Å². The van der Waals surface area contributed by atoms with Crippen molar-refractivity contribution in [3.63, 3.8) is 0 Å². The van der Waals surface area contributed by atoms with Crippen molar-refractivity contribution < 1.29 is 4.79 Å². The van der Waals surface area contributed by atoms with Gasteiger partial charge in [-0.05, 0) is 26.3 Å². The van der Waals surface area contributed by atoms with E-state index in [-0.39, 0.29) is 11.5 Å². The fourth-order valence-electron chi connectivity index (χ4n) is 1.60. The van der Waals surface area contributed by atoms with E-state index in [1.807, 2.05) is 0 Å².